The first-order valence-corrected chi connectivity index (χ1v) is 15.8. The number of fused-ring (bicyclic) bond motifs is 9. The summed E-state index contributed by atoms with van der Waals surface area (Å²) in [6.07, 6.45) is 0. The van der Waals surface area contributed by atoms with Crippen molar-refractivity contribution >= 4 is 82.4 Å². The zero-order valence-electron chi connectivity index (χ0n) is 25.2. The van der Waals surface area contributed by atoms with Crippen molar-refractivity contribution in [1.29, 1.82) is 0 Å². The molecule has 0 saturated carbocycles. The van der Waals surface area contributed by atoms with Gasteiger partial charge in [-0.05, 0) is 87.6 Å². The van der Waals surface area contributed by atoms with E-state index in [4.69, 9.17) is 13.8 Å². The molecule has 4 heteroatoms. The summed E-state index contributed by atoms with van der Waals surface area (Å²) in [4.78, 5) is 7.24. The third-order valence-electron chi connectivity index (χ3n) is 9.23. The summed E-state index contributed by atoms with van der Waals surface area (Å²) in [5, 5.41) is 9.00. The van der Waals surface area contributed by atoms with Crippen LogP contribution in [0, 0.1) is 0 Å². The predicted octanol–water partition coefficient (Wildman–Crippen LogP) is 12.3. The first-order valence-electron chi connectivity index (χ1n) is 15.8. The molecule has 0 atom stereocenters. The zero-order valence-corrected chi connectivity index (χ0v) is 25.2. The van der Waals surface area contributed by atoms with Crippen LogP contribution in [0.1, 0.15) is 0 Å². The number of furan rings is 1. The van der Waals surface area contributed by atoms with Crippen molar-refractivity contribution in [2.45, 2.75) is 0 Å². The van der Waals surface area contributed by atoms with Gasteiger partial charge in [0, 0.05) is 44.9 Å². The molecule has 4 nitrogen and oxygen atoms in total. The Morgan fingerprint density at radius 3 is 2.06 bits per heavy atom. The molecule has 10 aromatic rings. The minimum atomic E-state index is 0.622. The summed E-state index contributed by atoms with van der Waals surface area (Å²) < 4.78 is 12.9. The monoisotopic (exact) mass is 602 g/mol. The van der Waals surface area contributed by atoms with Gasteiger partial charge in [0.25, 0.3) is 0 Å². The number of benzene rings is 8. The summed E-state index contributed by atoms with van der Waals surface area (Å²) in [6.45, 7) is 0. The van der Waals surface area contributed by atoms with Crippen molar-refractivity contribution in [3.8, 4) is 11.5 Å². The highest BCUT2D eigenvalue weighted by Crippen LogP contribution is 2.41. The first-order chi connectivity index (χ1) is 23.3. The summed E-state index contributed by atoms with van der Waals surface area (Å²) in [5.41, 5.74) is 7.47. The van der Waals surface area contributed by atoms with Gasteiger partial charge < -0.3 is 13.7 Å². The molecule has 0 fully saturated rings. The van der Waals surface area contributed by atoms with Crippen molar-refractivity contribution in [3.63, 3.8) is 0 Å². The maximum atomic E-state index is 6.63. The van der Waals surface area contributed by atoms with Crippen molar-refractivity contribution in [2.24, 2.45) is 0 Å². The second kappa shape index (κ2) is 10.1. The van der Waals surface area contributed by atoms with Crippen LogP contribution in [0.2, 0.25) is 0 Å². The van der Waals surface area contributed by atoms with Crippen LogP contribution in [-0.4, -0.2) is 4.98 Å². The Hall–Kier alpha value is -6.39. The van der Waals surface area contributed by atoms with Gasteiger partial charge in [-0.1, -0.05) is 91.0 Å². The fourth-order valence-corrected chi connectivity index (χ4v) is 6.97. The van der Waals surface area contributed by atoms with E-state index in [9.17, 15) is 0 Å². The number of hydrogen-bond acceptors (Lipinski definition) is 4. The summed E-state index contributed by atoms with van der Waals surface area (Å²) in [6, 6.07) is 55.1. The molecule has 47 heavy (non-hydrogen) atoms. The molecule has 0 bridgehead atoms. The lowest BCUT2D eigenvalue weighted by atomic mass is 10.00. The minimum Gasteiger partial charge on any atom is -0.456 e. The topological polar surface area (TPSA) is 42.4 Å². The van der Waals surface area contributed by atoms with Crippen LogP contribution in [-0.2, 0) is 0 Å². The molecule has 0 radical (unpaired) electrons. The van der Waals surface area contributed by atoms with Crippen LogP contribution in [0.5, 0.6) is 0 Å². The standard InChI is InChI=1S/C43H26N2O2/c1-2-10-32(11-3-1)45(34-21-22-36-35-12-6-7-13-39(35)46-40(36)26-34)33-20-18-28-15-16-29-19-23-38-42(41(29)37(28)25-33)47-43(44-38)31-17-14-27-8-4-5-9-30(27)24-31/h1-26H. The lowest BCUT2D eigenvalue weighted by molar-refractivity contribution is 0.623. The third-order valence-corrected chi connectivity index (χ3v) is 9.23. The highest BCUT2D eigenvalue weighted by molar-refractivity contribution is 6.19. The normalized spacial score (nSPS) is 11.8. The molecule has 0 N–H and O–H groups in total. The predicted molar refractivity (Wildman–Crippen MR) is 194 cm³/mol. The average molecular weight is 603 g/mol. The van der Waals surface area contributed by atoms with E-state index in [0.29, 0.717) is 5.89 Å². The van der Waals surface area contributed by atoms with E-state index in [1.165, 1.54) is 5.39 Å². The van der Waals surface area contributed by atoms with Gasteiger partial charge in [0.05, 0.1) is 0 Å². The van der Waals surface area contributed by atoms with Gasteiger partial charge in [-0.25, -0.2) is 4.98 Å². The van der Waals surface area contributed by atoms with Crippen molar-refractivity contribution < 1.29 is 8.83 Å². The molecule has 0 aliphatic heterocycles. The quantitative estimate of drug-likeness (QED) is 0.188. The minimum absolute atomic E-state index is 0.622. The molecule has 2 aromatic heterocycles. The van der Waals surface area contributed by atoms with Gasteiger partial charge in [0.15, 0.2) is 5.58 Å². The molecular weight excluding hydrogens is 576 g/mol. The molecule has 0 aliphatic rings. The molecule has 0 aliphatic carbocycles. The van der Waals surface area contributed by atoms with E-state index in [1.807, 2.05) is 18.2 Å². The number of hydrogen-bond donors (Lipinski definition) is 0. The number of aromatic nitrogens is 1. The lowest BCUT2D eigenvalue weighted by Gasteiger charge is -2.26. The van der Waals surface area contributed by atoms with Gasteiger partial charge in [0.1, 0.15) is 16.7 Å². The molecule has 10 rings (SSSR count). The van der Waals surface area contributed by atoms with Crippen molar-refractivity contribution in [2.75, 3.05) is 4.90 Å². The SMILES string of the molecule is c1ccc(N(c2ccc3c(c2)oc2ccccc23)c2ccc3ccc4ccc5nc(-c6ccc7ccccc7c6)oc5c4c3c2)cc1. The molecule has 0 saturated heterocycles. The Labute approximate surface area is 269 Å². The second-order valence-electron chi connectivity index (χ2n) is 12.0. The fourth-order valence-electron chi connectivity index (χ4n) is 6.97. The van der Waals surface area contributed by atoms with Gasteiger partial charge in [-0.3, -0.25) is 0 Å². The highest BCUT2D eigenvalue weighted by Gasteiger charge is 2.18. The van der Waals surface area contributed by atoms with Crippen LogP contribution in [0.4, 0.5) is 17.1 Å². The van der Waals surface area contributed by atoms with Crippen LogP contribution in [0.15, 0.2) is 167 Å². The number of oxazole rings is 1. The van der Waals surface area contributed by atoms with E-state index in [-0.39, 0.29) is 0 Å². The Morgan fingerprint density at radius 2 is 1.13 bits per heavy atom. The summed E-state index contributed by atoms with van der Waals surface area (Å²) >= 11 is 0. The summed E-state index contributed by atoms with van der Waals surface area (Å²) in [5.74, 6) is 0.622. The molecule has 220 valence electrons. The molecule has 0 amide bonds. The number of nitrogens with zero attached hydrogens (tertiary/aromatic N) is 2. The maximum Gasteiger partial charge on any atom is 0.227 e. The van der Waals surface area contributed by atoms with Crippen LogP contribution < -0.4 is 4.90 Å². The number of para-hydroxylation sites is 2. The van der Waals surface area contributed by atoms with Crippen molar-refractivity contribution in [1.82, 2.24) is 4.98 Å². The van der Waals surface area contributed by atoms with E-state index >= 15 is 0 Å². The molecule has 0 spiro atoms. The smallest absolute Gasteiger partial charge is 0.227 e. The van der Waals surface area contributed by atoms with E-state index < -0.39 is 0 Å². The fraction of sp³-hybridized carbons (Fsp3) is 0. The largest absolute Gasteiger partial charge is 0.456 e. The zero-order chi connectivity index (χ0) is 30.9. The number of rotatable bonds is 4. The van der Waals surface area contributed by atoms with Crippen molar-refractivity contribution in [3.05, 3.63) is 158 Å². The Balaban J connectivity index is 1.18. The van der Waals surface area contributed by atoms with E-state index in [0.717, 1.165) is 82.6 Å². The number of anilines is 3. The van der Waals surface area contributed by atoms with E-state index in [1.54, 1.807) is 0 Å². The Morgan fingerprint density at radius 1 is 0.426 bits per heavy atom. The average Bonchev–Trinajstić information content (AvgIpc) is 3.73. The molecule has 0 unspecified atom stereocenters. The maximum absolute atomic E-state index is 6.63. The van der Waals surface area contributed by atoms with Crippen LogP contribution >= 0.6 is 0 Å². The van der Waals surface area contributed by atoms with Gasteiger partial charge >= 0.3 is 0 Å². The summed E-state index contributed by atoms with van der Waals surface area (Å²) in [7, 11) is 0. The first kappa shape index (κ1) is 25.9. The Bertz CT molecular complexity index is 2810. The second-order valence-corrected chi connectivity index (χ2v) is 12.0. The van der Waals surface area contributed by atoms with Gasteiger partial charge in [-0.15, -0.1) is 0 Å². The third kappa shape index (κ3) is 4.12. The molecule has 8 aromatic carbocycles. The molecule has 2 heterocycles. The van der Waals surface area contributed by atoms with Gasteiger partial charge in [-0.2, -0.15) is 0 Å². The Kier molecular flexibility index (Phi) is 5.54. The van der Waals surface area contributed by atoms with E-state index in [2.05, 4.69) is 144 Å². The van der Waals surface area contributed by atoms with Gasteiger partial charge in [0.2, 0.25) is 5.89 Å². The van der Waals surface area contributed by atoms with Crippen LogP contribution in [0.25, 0.3) is 76.8 Å². The van der Waals surface area contributed by atoms with Crippen LogP contribution in [0.3, 0.4) is 0 Å². The highest BCUT2D eigenvalue weighted by atomic mass is 16.3. The molecular formula is C43H26N2O2. The lowest BCUT2D eigenvalue weighted by Crippen LogP contribution is -2.09.